The number of rotatable bonds is 2. The summed E-state index contributed by atoms with van der Waals surface area (Å²) < 4.78 is 5.54. The van der Waals surface area contributed by atoms with E-state index in [1.807, 2.05) is 0 Å². The highest BCUT2D eigenvalue weighted by Crippen LogP contribution is 2.42. The third kappa shape index (κ3) is 1.91. The summed E-state index contributed by atoms with van der Waals surface area (Å²) in [7, 11) is 0. The Morgan fingerprint density at radius 2 is 1.77 bits per heavy atom. The van der Waals surface area contributed by atoms with Crippen LogP contribution in [0.1, 0.15) is 25.3 Å². The Morgan fingerprint density at radius 1 is 1.18 bits per heavy atom. The van der Waals surface area contributed by atoms with Gasteiger partial charge < -0.3 is 9.84 Å². The molecule has 1 aromatic rings. The summed E-state index contributed by atoms with van der Waals surface area (Å²) in [5.41, 5.74) is -1.23. The van der Waals surface area contributed by atoms with Crippen molar-refractivity contribution in [3.63, 3.8) is 0 Å². The zero-order valence-electron chi connectivity index (χ0n) is 11.6. The standard InChI is InChI=1S/C15H12ClNO5/c1-15(8-4-2-3-5-9(8)16)13(21)12(20)14(22-15)17-10(18)6-7-11(17)19/h2-5,20H,6-7H2,1H3. The van der Waals surface area contributed by atoms with Gasteiger partial charge in [0.25, 0.3) is 11.7 Å². The molecule has 6 nitrogen and oxygen atoms in total. The molecule has 114 valence electrons. The number of aliphatic hydroxyl groups is 1. The summed E-state index contributed by atoms with van der Waals surface area (Å²) in [5, 5.41) is 10.3. The van der Waals surface area contributed by atoms with E-state index < -0.39 is 34.8 Å². The fourth-order valence-corrected chi connectivity index (χ4v) is 2.91. The van der Waals surface area contributed by atoms with Crippen molar-refractivity contribution in [2.45, 2.75) is 25.4 Å². The summed E-state index contributed by atoms with van der Waals surface area (Å²) in [6.07, 6.45) is 0.0476. The molecule has 1 aromatic carbocycles. The van der Waals surface area contributed by atoms with Gasteiger partial charge in [0.05, 0.1) is 0 Å². The maximum Gasteiger partial charge on any atom is 0.252 e. The Morgan fingerprint density at radius 3 is 2.36 bits per heavy atom. The zero-order valence-corrected chi connectivity index (χ0v) is 12.4. The number of ketones is 1. The van der Waals surface area contributed by atoms with E-state index in [-0.39, 0.29) is 17.9 Å². The molecular weight excluding hydrogens is 310 g/mol. The maximum atomic E-state index is 12.4. The minimum absolute atomic E-state index is 0.0238. The lowest BCUT2D eigenvalue weighted by Crippen LogP contribution is -2.34. The van der Waals surface area contributed by atoms with Crippen LogP contribution in [0.2, 0.25) is 5.02 Å². The van der Waals surface area contributed by atoms with E-state index in [4.69, 9.17) is 16.3 Å². The van der Waals surface area contributed by atoms with E-state index in [0.717, 1.165) is 4.90 Å². The summed E-state index contributed by atoms with van der Waals surface area (Å²) >= 11 is 6.09. The van der Waals surface area contributed by atoms with E-state index in [0.29, 0.717) is 5.56 Å². The number of hydrogen-bond donors (Lipinski definition) is 1. The molecule has 2 amide bonds. The largest absolute Gasteiger partial charge is 0.501 e. The lowest BCUT2D eigenvalue weighted by atomic mass is 9.91. The molecule has 1 unspecified atom stereocenters. The first-order valence-electron chi connectivity index (χ1n) is 6.64. The molecule has 2 heterocycles. The molecule has 1 atom stereocenters. The highest BCUT2D eigenvalue weighted by molar-refractivity contribution is 6.32. The molecule has 1 fully saturated rings. The van der Waals surface area contributed by atoms with Crippen molar-refractivity contribution in [1.82, 2.24) is 4.90 Å². The van der Waals surface area contributed by atoms with Crippen molar-refractivity contribution in [2.75, 3.05) is 0 Å². The number of benzene rings is 1. The summed E-state index contributed by atoms with van der Waals surface area (Å²) in [6.45, 7) is 1.44. The zero-order chi connectivity index (χ0) is 16.1. The minimum Gasteiger partial charge on any atom is -0.501 e. The Hall–Kier alpha value is -2.34. The average Bonchev–Trinajstić information content (AvgIpc) is 2.92. The van der Waals surface area contributed by atoms with Crippen LogP contribution in [0.15, 0.2) is 35.9 Å². The Kier molecular flexibility index (Phi) is 3.21. The fraction of sp³-hybridized carbons (Fsp3) is 0.267. The van der Waals surface area contributed by atoms with Crippen LogP contribution in [0, 0.1) is 0 Å². The molecule has 7 heteroatoms. The van der Waals surface area contributed by atoms with Crippen LogP contribution in [0.25, 0.3) is 0 Å². The minimum atomic E-state index is -1.58. The Bertz CT molecular complexity index is 725. The van der Waals surface area contributed by atoms with Gasteiger partial charge in [-0.3, -0.25) is 14.4 Å². The number of aliphatic hydroxyl groups excluding tert-OH is 1. The first kappa shape index (κ1) is 14.6. The van der Waals surface area contributed by atoms with Crippen molar-refractivity contribution in [1.29, 1.82) is 0 Å². The first-order chi connectivity index (χ1) is 10.4. The van der Waals surface area contributed by atoms with Crippen molar-refractivity contribution < 1.29 is 24.2 Å². The molecule has 0 radical (unpaired) electrons. The van der Waals surface area contributed by atoms with Crippen LogP contribution in [0.4, 0.5) is 0 Å². The number of halogens is 1. The van der Waals surface area contributed by atoms with Crippen molar-refractivity contribution in [2.24, 2.45) is 0 Å². The molecular formula is C15H12ClNO5. The van der Waals surface area contributed by atoms with Crippen LogP contribution >= 0.6 is 11.6 Å². The molecule has 0 aliphatic carbocycles. The van der Waals surface area contributed by atoms with E-state index in [1.165, 1.54) is 6.92 Å². The first-order valence-corrected chi connectivity index (χ1v) is 7.02. The number of carbonyl (C=O) groups is 3. The molecule has 2 aliphatic heterocycles. The monoisotopic (exact) mass is 321 g/mol. The number of hydrogen-bond acceptors (Lipinski definition) is 5. The predicted molar refractivity (Wildman–Crippen MR) is 75.6 cm³/mol. The topological polar surface area (TPSA) is 83.9 Å². The molecule has 0 aromatic heterocycles. The normalized spacial score (nSPS) is 25.2. The molecule has 2 aliphatic rings. The average molecular weight is 322 g/mol. The number of amides is 2. The summed E-state index contributed by atoms with van der Waals surface area (Å²) in [5.74, 6) is -2.93. The number of imide groups is 1. The van der Waals surface area contributed by atoms with Gasteiger partial charge in [-0.15, -0.1) is 0 Å². The lowest BCUT2D eigenvalue weighted by Gasteiger charge is -2.26. The van der Waals surface area contributed by atoms with Gasteiger partial charge in [-0.1, -0.05) is 29.8 Å². The van der Waals surface area contributed by atoms with Crippen LogP contribution < -0.4 is 0 Å². The SMILES string of the molecule is CC1(c2ccccc2Cl)OC(N2C(=O)CCC2=O)=C(O)C1=O. The number of Topliss-reactive ketones (excluding diaryl/α,β-unsaturated/α-hetero) is 1. The molecule has 0 saturated carbocycles. The molecule has 0 bridgehead atoms. The molecule has 1 N–H and O–H groups in total. The van der Waals surface area contributed by atoms with Crippen LogP contribution in [-0.2, 0) is 24.7 Å². The van der Waals surface area contributed by atoms with Gasteiger partial charge in [-0.2, -0.15) is 0 Å². The number of nitrogens with zero attached hydrogens (tertiary/aromatic N) is 1. The second kappa shape index (κ2) is 4.84. The van der Waals surface area contributed by atoms with E-state index in [1.54, 1.807) is 24.3 Å². The number of ether oxygens (including phenoxy) is 1. The number of likely N-dealkylation sites (tertiary alicyclic amines) is 1. The van der Waals surface area contributed by atoms with Gasteiger partial charge >= 0.3 is 0 Å². The van der Waals surface area contributed by atoms with Crippen LogP contribution in [-0.4, -0.2) is 27.6 Å². The van der Waals surface area contributed by atoms with Crippen molar-refractivity contribution in [3.05, 3.63) is 46.5 Å². The van der Waals surface area contributed by atoms with Crippen LogP contribution in [0.5, 0.6) is 0 Å². The lowest BCUT2D eigenvalue weighted by molar-refractivity contribution is -0.144. The summed E-state index contributed by atoms with van der Waals surface area (Å²) in [4.78, 5) is 36.7. The smallest absolute Gasteiger partial charge is 0.252 e. The summed E-state index contributed by atoms with van der Waals surface area (Å²) in [6, 6.07) is 6.53. The van der Waals surface area contributed by atoms with Gasteiger partial charge in [-0.05, 0) is 13.0 Å². The second-order valence-corrected chi connectivity index (χ2v) is 5.63. The van der Waals surface area contributed by atoms with Gasteiger partial charge in [0.1, 0.15) is 0 Å². The quantitative estimate of drug-likeness (QED) is 0.843. The Balaban J connectivity index is 2.04. The Labute approximate surface area is 130 Å². The van der Waals surface area contributed by atoms with Crippen molar-refractivity contribution in [3.8, 4) is 0 Å². The molecule has 0 spiro atoms. The highest BCUT2D eigenvalue weighted by Gasteiger charge is 2.52. The molecule has 3 rings (SSSR count). The second-order valence-electron chi connectivity index (χ2n) is 5.22. The van der Waals surface area contributed by atoms with E-state index in [2.05, 4.69) is 0 Å². The maximum absolute atomic E-state index is 12.4. The van der Waals surface area contributed by atoms with Crippen LogP contribution in [0.3, 0.4) is 0 Å². The fourth-order valence-electron chi connectivity index (χ4n) is 2.59. The molecule has 1 saturated heterocycles. The van der Waals surface area contributed by atoms with Gasteiger partial charge in [0.15, 0.2) is 0 Å². The van der Waals surface area contributed by atoms with Crippen molar-refractivity contribution >= 4 is 29.2 Å². The van der Waals surface area contributed by atoms with E-state index >= 15 is 0 Å². The molecule has 22 heavy (non-hydrogen) atoms. The number of carbonyl (C=O) groups excluding carboxylic acids is 3. The van der Waals surface area contributed by atoms with Gasteiger partial charge in [0, 0.05) is 23.4 Å². The van der Waals surface area contributed by atoms with E-state index in [9.17, 15) is 19.5 Å². The highest BCUT2D eigenvalue weighted by atomic mass is 35.5. The third-order valence-electron chi connectivity index (χ3n) is 3.79. The van der Waals surface area contributed by atoms with Gasteiger partial charge in [-0.25, -0.2) is 4.90 Å². The third-order valence-corrected chi connectivity index (χ3v) is 4.12. The predicted octanol–water partition coefficient (Wildman–Crippen LogP) is 2.03. The van der Waals surface area contributed by atoms with Gasteiger partial charge in [0.2, 0.25) is 23.2 Å².